The zero-order chi connectivity index (χ0) is 51.7. The molecular weight excluding hydrogens is 889 g/mol. The number of carbonyl (C=O) groups is 7. The summed E-state index contributed by atoms with van der Waals surface area (Å²) in [5, 5.41) is 20.1. The summed E-state index contributed by atoms with van der Waals surface area (Å²) < 4.78 is 22.1. The lowest BCUT2D eigenvalue weighted by Gasteiger charge is -2.35. The van der Waals surface area contributed by atoms with E-state index in [1.165, 1.54) is 43.7 Å². The van der Waals surface area contributed by atoms with E-state index in [-0.39, 0.29) is 31.2 Å². The van der Waals surface area contributed by atoms with E-state index in [9.17, 15) is 38.7 Å². The van der Waals surface area contributed by atoms with Crippen LogP contribution < -0.4 is 20.7 Å². The Kier molecular flexibility index (Phi) is 23.9. The number of amides is 5. The lowest BCUT2D eigenvalue weighted by molar-refractivity contribution is -0.162. The minimum Gasteiger partial charge on any atom is -0.497 e. The highest BCUT2D eigenvalue weighted by Crippen LogP contribution is 2.26. The summed E-state index contributed by atoms with van der Waals surface area (Å²) >= 11 is 0. The highest BCUT2D eigenvalue weighted by molar-refractivity contribution is 5.95. The van der Waals surface area contributed by atoms with Gasteiger partial charge in [-0.25, -0.2) is 4.79 Å². The predicted octanol–water partition coefficient (Wildman–Crippen LogP) is 3.64. The van der Waals surface area contributed by atoms with Crippen LogP contribution in [-0.2, 0) is 54.2 Å². The van der Waals surface area contributed by atoms with Gasteiger partial charge in [0.05, 0.1) is 31.7 Å². The van der Waals surface area contributed by atoms with Gasteiger partial charge in [-0.2, -0.15) is 0 Å². The zero-order valence-electron chi connectivity index (χ0n) is 43.6. The first-order valence-electron chi connectivity index (χ1n) is 24.9. The van der Waals surface area contributed by atoms with E-state index in [0.717, 1.165) is 13.2 Å². The van der Waals surface area contributed by atoms with Gasteiger partial charge in [0.25, 0.3) is 5.91 Å². The summed E-state index contributed by atoms with van der Waals surface area (Å²) in [6.45, 7) is 18.4. The molecule has 0 unspecified atom stereocenters. The number of rotatable bonds is 13. The highest BCUT2D eigenvalue weighted by atomic mass is 16.6. The maximum Gasteiger partial charge on any atom is 0.329 e. The third-order valence-corrected chi connectivity index (χ3v) is 13.1. The van der Waals surface area contributed by atoms with E-state index < -0.39 is 114 Å². The lowest BCUT2D eigenvalue weighted by atomic mass is 9.92. The van der Waals surface area contributed by atoms with Gasteiger partial charge >= 0.3 is 11.9 Å². The molecule has 0 aromatic heterocycles. The maximum atomic E-state index is 14.6. The van der Waals surface area contributed by atoms with Crippen LogP contribution in [0.1, 0.15) is 119 Å². The Morgan fingerprint density at radius 1 is 0.899 bits per heavy atom. The molecule has 69 heavy (non-hydrogen) atoms. The lowest BCUT2D eigenvalue weighted by Crippen LogP contribution is -2.61. The number of methoxy groups -OCH3 is 1. The molecule has 3 aliphatic heterocycles. The second-order valence-electron chi connectivity index (χ2n) is 20.3. The van der Waals surface area contributed by atoms with Gasteiger partial charge in [0, 0.05) is 33.2 Å². The molecule has 3 saturated heterocycles. The highest BCUT2D eigenvalue weighted by Gasteiger charge is 2.44. The molecule has 0 aliphatic carbocycles. The minimum absolute atomic E-state index is 0.0162. The number of aliphatic hydroxyl groups excluding tert-OH is 1. The van der Waals surface area contributed by atoms with Gasteiger partial charge in [-0.05, 0) is 101 Å². The Morgan fingerprint density at radius 3 is 2.06 bits per heavy atom. The van der Waals surface area contributed by atoms with Crippen LogP contribution in [0.5, 0.6) is 5.75 Å². The van der Waals surface area contributed by atoms with Gasteiger partial charge in [-0.1, -0.05) is 73.9 Å². The van der Waals surface area contributed by atoms with Crippen LogP contribution in [0.15, 0.2) is 24.3 Å². The number of nitrogens with zero attached hydrogens (tertiary/aromatic N) is 3. The Bertz CT molecular complexity index is 1830. The summed E-state index contributed by atoms with van der Waals surface area (Å²) in [6, 6.07) is 0.412. The smallest absolute Gasteiger partial charge is 0.329 e. The van der Waals surface area contributed by atoms with Crippen LogP contribution in [0.25, 0.3) is 0 Å². The summed E-state index contributed by atoms with van der Waals surface area (Å²) in [4.78, 5) is 104. The Balaban J connectivity index is 0.00000236. The van der Waals surface area contributed by atoms with Crippen molar-refractivity contribution in [2.75, 3.05) is 48.0 Å². The molecule has 0 bridgehead atoms. The number of ether oxygens (including phenoxy) is 4. The molecule has 4 rings (SSSR count). The molecule has 0 spiro atoms. The van der Waals surface area contributed by atoms with Crippen molar-refractivity contribution >= 4 is 41.5 Å². The van der Waals surface area contributed by atoms with E-state index >= 15 is 0 Å². The first kappa shape index (κ1) is 58.5. The van der Waals surface area contributed by atoms with Crippen molar-refractivity contribution in [1.29, 1.82) is 0 Å². The van der Waals surface area contributed by atoms with Crippen molar-refractivity contribution in [2.45, 2.75) is 175 Å². The van der Waals surface area contributed by atoms with Crippen molar-refractivity contribution in [2.24, 2.45) is 23.7 Å². The van der Waals surface area contributed by atoms with Gasteiger partial charge < -0.3 is 49.8 Å². The average Bonchev–Trinajstić information content (AvgIpc) is 4.05. The number of aliphatic hydroxyl groups is 1. The maximum absolute atomic E-state index is 14.6. The molecule has 10 atom stereocenters. The van der Waals surface area contributed by atoms with E-state index in [1.807, 2.05) is 34.6 Å². The van der Waals surface area contributed by atoms with Crippen LogP contribution >= 0.6 is 0 Å². The SMILES string of the molecule is C1CCOC1.CC[C@H](C)[C@H]1NC(=O)[C@@H](NC(=O)[C@@H](CC(C)C)N(C)C)[C@@H](C)OC(=O)[C@H](Cc2ccc(OC)cc2)N(C)C(=O)[C@@H]2CCCN2C(=O)[C@H](CC(C)C)NC(=O)[C@H](C(C)C)OC(=O)C[C@@H]1O. The third kappa shape index (κ3) is 17.5. The van der Waals surface area contributed by atoms with Crippen LogP contribution in [0.3, 0.4) is 0 Å². The summed E-state index contributed by atoms with van der Waals surface area (Å²) in [6.07, 6.45) is -0.318. The first-order valence-corrected chi connectivity index (χ1v) is 24.9. The first-order chi connectivity index (χ1) is 32.5. The van der Waals surface area contributed by atoms with Gasteiger partial charge in [0.15, 0.2) is 6.10 Å². The van der Waals surface area contributed by atoms with Gasteiger partial charge in [0.2, 0.25) is 23.6 Å². The Hall–Kier alpha value is -4.81. The van der Waals surface area contributed by atoms with Crippen molar-refractivity contribution < 1.29 is 57.6 Å². The molecule has 390 valence electrons. The third-order valence-electron chi connectivity index (χ3n) is 13.1. The van der Waals surface area contributed by atoms with E-state index in [2.05, 4.69) is 16.0 Å². The second-order valence-corrected chi connectivity index (χ2v) is 20.3. The number of carbonyl (C=O) groups excluding carboxylic acids is 7. The van der Waals surface area contributed by atoms with E-state index in [1.54, 1.807) is 64.0 Å². The number of likely N-dealkylation sites (N-methyl/N-ethyl adjacent to an activating group) is 2. The minimum atomic E-state index is -1.50. The fraction of sp³-hybridized carbons (Fsp3) is 0.745. The van der Waals surface area contributed by atoms with Gasteiger partial charge in [-0.3, -0.25) is 33.7 Å². The van der Waals surface area contributed by atoms with Crippen LogP contribution in [0, 0.1) is 23.7 Å². The van der Waals surface area contributed by atoms with Crippen LogP contribution in [0.4, 0.5) is 0 Å². The van der Waals surface area contributed by atoms with Crippen molar-refractivity contribution in [1.82, 2.24) is 30.7 Å². The number of benzene rings is 1. The molecule has 18 nitrogen and oxygen atoms in total. The molecule has 1 aromatic rings. The van der Waals surface area contributed by atoms with Crippen molar-refractivity contribution in [3.05, 3.63) is 29.8 Å². The van der Waals surface area contributed by atoms with Gasteiger partial charge in [-0.15, -0.1) is 0 Å². The number of fused-ring (bicyclic) bond motifs is 1. The summed E-state index contributed by atoms with van der Waals surface area (Å²) in [5.41, 5.74) is 0.659. The van der Waals surface area contributed by atoms with Crippen LogP contribution in [-0.4, -0.2) is 164 Å². The normalized spacial score (nSPS) is 26.9. The number of cyclic esters (lactones) is 2. The Morgan fingerprint density at radius 2 is 1.54 bits per heavy atom. The molecule has 0 radical (unpaired) electrons. The average molecular weight is 973 g/mol. The molecular formula is C51H84N6O12. The van der Waals surface area contributed by atoms with Crippen molar-refractivity contribution in [3.63, 3.8) is 0 Å². The van der Waals surface area contributed by atoms with Crippen LogP contribution in [0.2, 0.25) is 0 Å². The van der Waals surface area contributed by atoms with E-state index in [4.69, 9.17) is 18.9 Å². The topological polar surface area (TPSA) is 222 Å². The summed E-state index contributed by atoms with van der Waals surface area (Å²) in [7, 11) is 6.48. The molecule has 3 aliphatic rings. The summed E-state index contributed by atoms with van der Waals surface area (Å²) in [5.74, 6) is -5.12. The van der Waals surface area contributed by atoms with E-state index in [0.29, 0.717) is 37.0 Å². The second kappa shape index (κ2) is 28.1. The fourth-order valence-electron chi connectivity index (χ4n) is 8.78. The quantitative estimate of drug-likeness (QED) is 0.208. The number of nitrogens with one attached hydrogen (secondary N) is 3. The standard InChI is InChI=1S/C47H76N6O11.C4H8O/c1-14-29(8)39-37(54)25-38(55)64-41(28(6)7)44(58)48-33(22-26(2)3)45(59)53-21-15-16-34(53)46(60)52(12)36(24-31-17-19-32(62-13)20-18-31)47(61)63-30(9)40(43(57)49-39)50-42(56)35(51(10)11)23-27(4)5;1-2-4-5-3-1/h17-20,26-30,33-37,39-41,54H,14-16,21-25H2,1-13H3,(H,48,58)(H,49,57)(H,50,56);1-4H2/t29-,30+,33-,34-,35+,36-,37-,39+,40-,41-;/m0./s1. The molecule has 3 fully saturated rings. The predicted molar refractivity (Wildman–Crippen MR) is 261 cm³/mol. The van der Waals surface area contributed by atoms with Gasteiger partial charge in [0.1, 0.15) is 36.0 Å². The molecule has 18 heteroatoms. The fourth-order valence-corrected chi connectivity index (χ4v) is 8.78. The Labute approximate surface area is 410 Å². The number of esters is 2. The number of hydrogen-bond donors (Lipinski definition) is 4. The molecule has 4 N–H and O–H groups in total. The molecule has 1 aromatic carbocycles. The monoisotopic (exact) mass is 973 g/mol. The zero-order valence-corrected chi connectivity index (χ0v) is 43.6. The molecule has 3 heterocycles. The number of hydrogen-bond acceptors (Lipinski definition) is 13. The molecule has 0 saturated carbocycles. The molecule has 5 amide bonds. The van der Waals surface area contributed by atoms with Crippen molar-refractivity contribution in [3.8, 4) is 5.75 Å². The largest absolute Gasteiger partial charge is 0.497 e.